The van der Waals surface area contributed by atoms with E-state index in [9.17, 15) is 13.2 Å². The number of carbonyl (C=O) groups excluding carboxylic acids is 1. The molecule has 22 heavy (non-hydrogen) atoms. The largest absolute Gasteiger partial charge is 0.350 e. The van der Waals surface area contributed by atoms with E-state index in [0.29, 0.717) is 6.42 Å². The van der Waals surface area contributed by atoms with E-state index < -0.39 is 10.0 Å². The molecule has 1 rings (SSSR count). The van der Waals surface area contributed by atoms with Crippen LogP contribution in [0.15, 0.2) is 29.2 Å². The lowest BCUT2D eigenvalue weighted by atomic mass is 10.1. The molecular weight excluding hydrogens is 300 g/mol. The first-order valence-corrected chi connectivity index (χ1v) is 9.31. The molecule has 0 radical (unpaired) electrons. The van der Waals surface area contributed by atoms with Crippen LogP contribution in [0, 0.1) is 0 Å². The number of carbonyl (C=O) groups is 1. The number of unbranched alkanes of at least 4 members (excludes halogenated alkanes) is 4. The lowest BCUT2D eigenvalue weighted by Gasteiger charge is -2.14. The number of amides is 1. The standard InChI is InChI=1S/C16H26N2O3S/c1-3-4-5-6-7-8-16(19)18-13(2)14-9-11-15(12-10-14)22(17,20)21/h9-13H,3-8H2,1-2H3,(H,18,19)(H2,17,20,21). The summed E-state index contributed by atoms with van der Waals surface area (Å²) < 4.78 is 22.4. The van der Waals surface area contributed by atoms with Crippen LogP contribution in [-0.2, 0) is 14.8 Å². The maximum absolute atomic E-state index is 11.9. The van der Waals surface area contributed by atoms with E-state index in [2.05, 4.69) is 12.2 Å². The highest BCUT2D eigenvalue weighted by Gasteiger charge is 2.11. The van der Waals surface area contributed by atoms with Crippen molar-refractivity contribution in [1.82, 2.24) is 5.32 Å². The number of rotatable bonds is 9. The van der Waals surface area contributed by atoms with Gasteiger partial charge in [-0.25, -0.2) is 13.6 Å². The van der Waals surface area contributed by atoms with Crippen LogP contribution in [0.1, 0.15) is 64.0 Å². The summed E-state index contributed by atoms with van der Waals surface area (Å²) in [5.74, 6) is 0.0273. The Hall–Kier alpha value is -1.40. The molecule has 1 aromatic carbocycles. The first kappa shape index (κ1) is 18.6. The van der Waals surface area contributed by atoms with E-state index in [1.807, 2.05) is 6.92 Å². The second-order valence-corrected chi connectivity index (χ2v) is 7.13. The van der Waals surface area contributed by atoms with Gasteiger partial charge in [0.05, 0.1) is 10.9 Å². The van der Waals surface area contributed by atoms with Crippen LogP contribution < -0.4 is 10.5 Å². The van der Waals surface area contributed by atoms with Crippen molar-refractivity contribution in [3.05, 3.63) is 29.8 Å². The molecule has 0 fully saturated rings. The highest BCUT2D eigenvalue weighted by Crippen LogP contribution is 2.16. The van der Waals surface area contributed by atoms with Crippen LogP contribution in [0.25, 0.3) is 0 Å². The fraction of sp³-hybridized carbons (Fsp3) is 0.562. The number of nitrogens with one attached hydrogen (secondary N) is 1. The van der Waals surface area contributed by atoms with E-state index in [0.717, 1.165) is 18.4 Å². The Morgan fingerprint density at radius 2 is 1.73 bits per heavy atom. The lowest BCUT2D eigenvalue weighted by Crippen LogP contribution is -2.26. The van der Waals surface area contributed by atoms with Crippen LogP contribution >= 0.6 is 0 Å². The first-order valence-electron chi connectivity index (χ1n) is 7.76. The Balaban J connectivity index is 2.44. The molecule has 6 heteroatoms. The summed E-state index contributed by atoms with van der Waals surface area (Å²) >= 11 is 0. The quantitative estimate of drug-likeness (QED) is 0.684. The van der Waals surface area contributed by atoms with Crippen LogP contribution in [0.4, 0.5) is 0 Å². The average molecular weight is 326 g/mol. The predicted molar refractivity (Wildman–Crippen MR) is 87.7 cm³/mol. The van der Waals surface area contributed by atoms with Gasteiger partial charge in [0.15, 0.2) is 0 Å². The van der Waals surface area contributed by atoms with E-state index in [4.69, 9.17) is 5.14 Å². The summed E-state index contributed by atoms with van der Waals surface area (Å²) in [7, 11) is -3.68. The molecule has 1 amide bonds. The summed E-state index contributed by atoms with van der Waals surface area (Å²) in [5.41, 5.74) is 0.853. The molecule has 0 saturated carbocycles. The number of hydrogen-bond donors (Lipinski definition) is 2. The minimum absolute atomic E-state index is 0.0273. The summed E-state index contributed by atoms with van der Waals surface area (Å²) in [5, 5.41) is 7.98. The van der Waals surface area contributed by atoms with Crippen molar-refractivity contribution in [1.29, 1.82) is 0 Å². The zero-order valence-electron chi connectivity index (χ0n) is 13.3. The molecule has 0 aliphatic rings. The zero-order valence-corrected chi connectivity index (χ0v) is 14.2. The maximum atomic E-state index is 11.9. The topological polar surface area (TPSA) is 89.3 Å². The van der Waals surface area contributed by atoms with Crippen molar-refractivity contribution in [2.45, 2.75) is 63.3 Å². The summed E-state index contributed by atoms with van der Waals surface area (Å²) in [6.45, 7) is 4.04. The van der Waals surface area contributed by atoms with Gasteiger partial charge in [-0.3, -0.25) is 4.79 Å². The third-order valence-electron chi connectivity index (χ3n) is 3.59. The smallest absolute Gasteiger partial charge is 0.238 e. The van der Waals surface area contributed by atoms with E-state index in [1.54, 1.807) is 12.1 Å². The molecule has 1 aromatic rings. The molecule has 3 N–H and O–H groups in total. The maximum Gasteiger partial charge on any atom is 0.238 e. The van der Waals surface area contributed by atoms with Gasteiger partial charge >= 0.3 is 0 Å². The second-order valence-electron chi connectivity index (χ2n) is 5.57. The fourth-order valence-corrected chi connectivity index (χ4v) is 2.75. The molecular formula is C16H26N2O3S. The molecule has 0 spiro atoms. The van der Waals surface area contributed by atoms with Crippen LogP contribution in [0.5, 0.6) is 0 Å². The van der Waals surface area contributed by atoms with Gasteiger partial charge in [0, 0.05) is 6.42 Å². The van der Waals surface area contributed by atoms with Gasteiger partial charge in [0.2, 0.25) is 15.9 Å². The van der Waals surface area contributed by atoms with Gasteiger partial charge in [-0.05, 0) is 31.0 Å². The molecule has 0 aliphatic carbocycles. The molecule has 0 bridgehead atoms. The van der Waals surface area contributed by atoms with E-state index >= 15 is 0 Å². The van der Waals surface area contributed by atoms with Crippen molar-refractivity contribution < 1.29 is 13.2 Å². The second kappa shape index (κ2) is 8.90. The fourth-order valence-electron chi connectivity index (χ4n) is 2.23. The molecule has 5 nitrogen and oxygen atoms in total. The Kier molecular flexibility index (Phi) is 7.55. The third kappa shape index (κ3) is 6.58. The molecule has 0 heterocycles. The van der Waals surface area contributed by atoms with Gasteiger partial charge in [0.25, 0.3) is 0 Å². The minimum atomic E-state index is -3.68. The van der Waals surface area contributed by atoms with Crippen molar-refractivity contribution in [2.75, 3.05) is 0 Å². The van der Waals surface area contributed by atoms with Crippen LogP contribution in [0.2, 0.25) is 0 Å². The number of primary sulfonamides is 1. The Morgan fingerprint density at radius 3 is 2.27 bits per heavy atom. The van der Waals surface area contributed by atoms with Crippen LogP contribution in [-0.4, -0.2) is 14.3 Å². The van der Waals surface area contributed by atoms with Gasteiger partial charge in [-0.15, -0.1) is 0 Å². The molecule has 0 aromatic heterocycles. The van der Waals surface area contributed by atoms with Crippen molar-refractivity contribution in [2.24, 2.45) is 5.14 Å². The summed E-state index contributed by atoms with van der Waals surface area (Å²) in [4.78, 5) is 11.9. The predicted octanol–water partition coefficient (Wildman–Crippen LogP) is 2.87. The number of nitrogens with two attached hydrogens (primary N) is 1. The molecule has 0 saturated heterocycles. The number of sulfonamides is 1. The first-order chi connectivity index (χ1) is 10.3. The summed E-state index contributed by atoms with van der Waals surface area (Å²) in [6.07, 6.45) is 6.10. The SMILES string of the molecule is CCCCCCCC(=O)NC(C)c1ccc(S(N)(=O)=O)cc1. The highest BCUT2D eigenvalue weighted by molar-refractivity contribution is 7.89. The number of benzene rings is 1. The highest BCUT2D eigenvalue weighted by atomic mass is 32.2. The summed E-state index contributed by atoms with van der Waals surface area (Å²) in [6, 6.07) is 6.10. The van der Waals surface area contributed by atoms with Gasteiger partial charge in [0.1, 0.15) is 0 Å². The Morgan fingerprint density at radius 1 is 1.14 bits per heavy atom. The van der Waals surface area contributed by atoms with Gasteiger partial charge in [-0.1, -0.05) is 44.7 Å². The lowest BCUT2D eigenvalue weighted by molar-refractivity contribution is -0.121. The third-order valence-corrected chi connectivity index (χ3v) is 4.52. The minimum Gasteiger partial charge on any atom is -0.350 e. The van der Waals surface area contributed by atoms with Crippen molar-refractivity contribution >= 4 is 15.9 Å². The Labute approximate surface area is 133 Å². The van der Waals surface area contributed by atoms with Gasteiger partial charge in [-0.2, -0.15) is 0 Å². The number of hydrogen-bond acceptors (Lipinski definition) is 3. The zero-order chi connectivity index (χ0) is 16.6. The average Bonchev–Trinajstić information content (AvgIpc) is 2.46. The van der Waals surface area contributed by atoms with E-state index in [1.165, 1.54) is 31.4 Å². The molecule has 1 atom stereocenters. The molecule has 1 unspecified atom stereocenters. The van der Waals surface area contributed by atoms with E-state index in [-0.39, 0.29) is 16.8 Å². The van der Waals surface area contributed by atoms with Gasteiger partial charge < -0.3 is 5.32 Å². The molecule has 0 aliphatic heterocycles. The molecule has 124 valence electrons. The van der Waals surface area contributed by atoms with Crippen LogP contribution in [0.3, 0.4) is 0 Å². The van der Waals surface area contributed by atoms with Crippen molar-refractivity contribution in [3.63, 3.8) is 0 Å². The monoisotopic (exact) mass is 326 g/mol. The van der Waals surface area contributed by atoms with Crippen molar-refractivity contribution in [3.8, 4) is 0 Å². The normalized spacial score (nSPS) is 12.9. The Bertz CT molecular complexity index is 568.